The van der Waals surface area contributed by atoms with Crippen molar-refractivity contribution in [2.75, 3.05) is 13.1 Å². The minimum Gasteiger partial charge on any atom is -0.343 e. The van der Waals surface area contributed by atoms with Crippen molar-refractivity contribution in [3.63, 3.8) is 0 Å². The van der Waals surface area contributed by atoms with Crippen LogP contribution in [0.3, 0.4) is 0 Å². The first-order valence-corrected chi connectivity index (χ1v) is 7.13. The highest BCUT2D eigenvalue weighted by Gasteiger charge is 2.17. The number of rotatable bonds is 3. The second-order valence-corrected chi connectivity index (χ2v) is 5.30. The number of amides is 1. The van der Waals surface area contributed by atoms with E-state index in [1.807, 2.05) is 35.2 Å². The predicted molar refractivity (Wildman–Crippen MR) is 78.7 cm³/mol. The third-order valence-corrected chi connectivity index (χ3v) is 3.90. The molecule has 0 aliphatic carbocycles. The maximum Gasteiger partial charge on any atom is 0.251 e. The van der Waals surface area contributed by atoms with Crippen molar-refractivity contribution >= 4 is 16.8 Å². The lowest BCUT2D eigenvalue weighted by Gasteiger charge is -2.14. The largest absolute Gasteiger partial charge is 0.343 e. The summed E-state index contributed by atoms with van der Waals surface area (Å²) in [6, 6.07) is 9.59. The van der Waals surface area contributed by atoms with E-state index >= 15 is 0 Å². The van der Waals surface area contributed by atoms with Gasteiger partial charge in [-0.15, -0.1) is 0 Å². The molecule has 0 radical (unpaired) electrons. The van der Waals surface area contributed by atoms with Gasteiger partial charge in [-0.1, -0.05) is 18.2 Å². The van der Waals surface area contributed by atoms with E-state index in [4.69, 9.17) is 0 Å². The number of carbonyl (C=O) groups is 1. The lowest BCUT2D eigenvalue weighted by molar-refractivity contribution is -0.130. The third kappa shape index (κ3) is 2.59. The van der Waals surface area contributed by atoms with Crippen molar-refractivity contribution in [2.45, 2.75) is 25.7 Å². The average molecular weight is 270 g/mol. The van der Waals surface area contributed by atoms with Gasteiger partial charge < -0.3 is 9.88 Å². The van der Waals surface area contributed by atoms with E-state index in [0.717, 1.165) is 36.8 Å². The van der Waals surface area contributed by atoms with Gasteiger partial charge in [-0.3, -0.25) is 9.59 Å². The Morgan fingerprint density at radius 2 is 1.95 bits per heavy atom. The number of para-hydroxylation sites is 1. The molecule has 1 aromatic heterocycles. The van der Waals surface area contributed by atoms with E-state index in [2.05, 4.69) is 4.98 Å². The van der Waals surface area contributed by atoms with E-state index in [0.29, 0.717) is 18.4 Å². The molecule has 4 heteroatoms. The topological polar surface area (TPSA) is 53.2 Å². The molecular formula is C16H18N2O2. The fourth-order valence-electron chi connectivity index (χ4n) is 2.74. The molecule has 2 heterocycles. The number of hydrogen-bond donors (Lipinski definition) is 1. The summed E-state index contributed by atoms with van der Waals surface area (Å²) in [5.41, 5.74) is 1.45. The summed E-state index contributed by atoms with van der Waals surface area (Å²) >= 11 is 0. The molecule has 20 heavy (non-hydrogen) atoms. The van der Waals surface area contributed by atoms with Crippen molar-refractivity contribution < 1.29 is 4.79 Å². The Hall–Kier alpha value is -2.10. The number of benzene rings is 1. The first-order chi connectivity index (χ1) is 9.74. The van der Waals surface area contributed by atoms with Gasteiger partial charge in [-0.2, -0.15) is 0 Å². The maximum atomic E-state index is 12.0. The Balaban J connectivity index is 1.75. The van der Waals surface area contributed by atoms with Crippen LogP contribution in [0, 0.1) is 0 Å². The van der Waals surface area contributed by atoms with E-state index in [1.165, 1.54) is 0 Å². The molecule has 0 bridgehead atoms. The van der Waals surface area contributed by atoms with Gasteiger partial charge in [0.1, 0.15) is 0 Å². The molecule has 3 rings (SSSR count). The fraction of sp³-hybridized carbons (Fsp3) is 0.375. The van der Waals surface area contributed by atoms with Crippen LogP contribution in [-0.2, 0) is 11.2 Å². The van der Waals surface area contributed by atoms with Crippen LogP contribution in [0.25, 0.3) is 10.9 Å². The summed E-state index contributed by atoms with van der Waals surface area (Å²) in [4.78, 5) is 28.8. The van der Waals surface area contributed by atoms with E-state index < -0.39 is 0 Å². The summed E-state index contributed by atoms with van der Waals surface area (Å²) < 4.78 is 0. The summed E-state index contributed by atoms with van der Waals surface area (Å²) in [6.45, 7) is 1.74. The molecule has 1 aromatic carbocycles. The SMILES string of the molecule is O=C(CCc1cc2ccccc2[nH]c1=O)N1CCCC1. The summed E-state index contributed by atoms with van der Waals surface area (Å²) in [5, 5.41) is 1.01. The Morgan fingerprint density at radius 3 is 2.75 bits per heavy atom. The van der Waals surface area contributed by atoms with Gasteiger partial charge >= 0.3 is 0 Å². The number of carbonyl (C=O) groups excluding carboxylic acids is 1. The lowest BCUT2D eigenvalue weighted by atomic mass is 10.1. The Labute approximate surface area is 117 Å². The maximum absolute atomic E-state index is 12.0. The van der Waals surface area contributed by atoms with E-state index in [1.54, 1.807) is 0 Å². The number of pyridine rings is 1. The number of aryl methyl sites for hydroxylation is 1. The standard InChI is InChI=1S/C16H18N2O2/c19-15(18-9-3-4-10-18)8-7-13-11-12-5-1-2-6-14(12)17-16(13)20/h1-2,5-6,11H,3-4,7-10H2,(H,17,20). The summed E-state index contributed by atoms with van der Waals surface area (Å²) in [6.07, 6.45) is 3.13. The van der Waals surface area contributed by atoms with Crippen LogP contribution in [0.15, 0.2) is 35.1 Å². The van der Waals surface area contributed by atoms with Crippen LogP contribution in [0.5, 0.6) is 0 Å². The van der Waals surface area contributed by atoms with Crippen molar-refractivity contribution in [1.82, 2.24) is 9.88 Å². The minimum atomic E-state index is -0.0853. The average Bonchev–Trinajstić information content (AvgIpc) is 2.99. The first-order valence-electron chi connectivity index (χ1n) is 7.13. The van der Waals surface area contributed by atoms with Gasteiger partial charge in [-0.05, 0) is 36.8 Å². The minimum absolute atomic E-state index is 0.0853. The van der Waals surface area contributed by atoms with Gasteiger partial charge in [0.05, 0.1) is 0 Å². The van der Waals surface area contributed by atoms with Crippen molar-refractivity contribution in [2.24, 2.45) is 0 Å². The molecule has 1 N–H and O–H groups in total. The lowest BCUT2D eigenvalue weighted by Crippen LogP contribution is -2.28. The van der Waals surface area contributed by atoms with Crippen molar-refractivity contribution in [1.29, 1.82) is 0 Å². The zero-order chi connectivity index (χ0) is 13.9. The van der Waals surface area contributed by atoms with Gasteiger partial charge in [-0.25, -0.2) is 0 Å². The Kier molecular flexibility index (Phi) is 3.54. The van der Waals surface area contributed by atoms with E-state index in [-0.39, 0.29) is 11.5 Å². The number of fused-ring (bicyclic) bond motifs is 1. The molecule has 104 valence electrons. The molecular weight excluding hydrogens is 252 g/mol. The number of nitrogens with zero attached hydrogens (tertiary/aromatic N) is 1. The highest BCUT2D eigenvalue weighted by molar-refractivity contribution is 5.79. The Bertz CT molecular complexity index is 684. The molecule has 0 spiro atoms. The van der Waals surface area contributed by atoms with Crippen LogP contribution >= 0.6 is 0 Å². The number of aromatic amines is 1. The third-order valence-electron chi connectivity index (χ3n) is 3.90. The molecule has 1 aliphatic rings. The van der Waals surface area contributed by atoms with Crippen LogP contribution in [0.2, 0.25) is 0 Å². The van der Waals surface area contributed by atoms with Gasteiger partial charge in [0.15, 0.2) is 0 Å². The zero-order valence-electron chi connectivity index (χ0n) is 11.4. The van der Waals surface area contributed by atoms with Gasteiger partial charge in [0.2, 0.25) is 5.91 Å². The summed E-state index contributed by atoms with van der Waals surface area (Å²) in [7, 11) is 0. The fourth-order valence-corrected chi connectivity index (χ4v) is 2.74. The molecule has 0 saturated carbocycles. The predicted octanol–water partition coefficient (Wildman–Crippen LogP) is 2.08. The molecule has 0 unspecified atom stereocenters. The smallest absolute Gasteiger partial charge is 0.251 e. The normalized spacial score (nSPS) is 14.9. The van der Waals surface area contributed by atoms with Gasteiger partial charge in [0, 0.05) is 30.6 Å². The highest BCUT2D eigenvalue weighted by Crippen LogP contribution is 2.13. The van der Waals surface area contributed by atoms with Crippen LogP contribution in [-0.4, -0.2) is 28.9 Å². The molecule has 1 saturated heterocycles. The molecule has 4 nitrogen and oxygen atoms in total. The number of aromatic nitrogens is 1. The summed E-state index contributed by atoms with van der Waals surface area (Å²) in [5.74, 6) is 0.162. The van der Waals surface area contributed by atoms with Crippen LogP contribution in [0.4, 0.5) is 0 Å². The monoisotopic (exact) mass is 270 g/mol. The second kappa shape index (κ2) is 5.49. The van der Waals surface area contributed by atoms with Crippen molar-refractivity contribution in [3.8, 4) is 0 Å². The van der Waals surface area contributed by atoms with E-state index in [9.17, 15) is 9.59 Å². The number of likely N-dealkylation sites (tertiary alicyclic amines) is 1. The molecule has 1 aliphatic heterocycles. The Morgan fingerprint density at radius 1 is 1.20 bits per heavy atom. The van der Waals surface area contributed by atoms with Crippen LogP contribution < -0.4 is 5.56 Å². The molecule has 1 fully saturated rings. The number of H-pyrrole nitrogens is 1. The van der Waals surface area contributed by atoms with Crippen molar-refractivity contribution in [3.05, 3.63) is 46.2 Å². The number of hydrogen-bond acceptors (Lipinski definition) is 2. The number of nitrogens with one attached hydrogen (secondary N) is 1. The van der Waals surface area contributed by atoms with Gasteiger partial charge in [0.25, 0.3) is 5.56 Å². The highest BCUT2D eigenvalue weighted by atomic mass is 16.2. The first kappa shape index (κ1) is 12.9. The molecule has 2 aromatic rings. The molecule has 1 amide bonds. The van der Waals surface area contributed by atoms with Crippen LogP contribution in [0.1, 0.15) is 24.8 Å². The second-order valence-electron chi connectivity index (χ2n) is 5.30. The molecule has 0 atom stereocenters. The zero-order valence-corrected chi connectivity index (χ0v) is 11.4. The quantitative estimate of drug-likeness (QED) is 0.928.